The monoisotopic (exact) mass is 205 g/mol. The fourth-order valence-corrected chi connectivity index (χ4v) is 1.64. The van der Waals surface area contributed by atoms with E-state index in [4.69, 9.17) is 0 Å². The molecule has 1 N–H and O–H groups in total. The molecule has 76 valence electrons. The van der Waals surface area contributed by atoms with E-state index in [-0.39, 0.29) is 17.7 Å². The molecule has 0 saturated carbocycles. The zero-order valence-corrected chi connectivity index (χ0v) is 7.03. The largest absolute Gasteiger partial charge is 0.407 e. The van der Waals surface area contributed by atoms with Gasteiger partial charge in [0.15, 0.2) is 0 Å². The summed E-state index contributed by atoms with van der Waals surface area (Å²) in [6, 6.07) is 2.03. The van der Waals surface area contributed by atoms with E-state index in [0.29, 0.717) is 0 Å². The minimum absolute atomic E-state index is 0.00231. The van der Waals surface area contributed by atoms with Crippen molar-refractivity contribution < 1.29 is 17.6 Å². The predicted molar refractivity (Wildman–Crippen MR) is 42.0 cm³/mol. The lowest BCUT2D eigenvalue weighted by molar-refractivity contribution is -0.155. The average molecular weight is 205 g/mol. The first kappa shape index (κ1) is 9.45. The molecule has 1 heterocycles. The number of benzene rings is 1. The van der Waals surface area contributed by atoms with Gasteiger partial charge in [-0.25, -0.2) is 4.39 Å². The molecule has 1 atom stereocenters. The molecule has 0 radical (unpaired) electrons. The highest BCUT2D eigenvalue weighted by Crippen LogP contribution is 2.38. The topological polar surface area (TPSA) is 12.0 Å². The Balaban J connectivity index is 2.45. The number of rotatable bonds is 0. The van der Waals surface area contributed by atoms with Crippen LogP contribution in [0.5, 0.6) is 0 Å². The molecule has 1 aromatic carbocycles. The van der Waals surface area contributed by atoms with Crippen LogP contribution in [0, 0.1) is 5.82 Å². The van der Waals surface area contributed by atoms with Crippen LogP contribution in [0.2, 0.25) is 0 Å². The van der Waals surface area contributed by atoms with Crippen LogP contribution in [0.3, 0.4) is 0 Å². The molecule has 1 aromatic rings. The highest BCUT2D eigenvalue weighted by atomic mass is 19.4. The van der Waals surface area contributed by atoms with Gasteiger partial charge in [-0.1, -0.05) is 12.1 Å². The molecule has 0 bridgehead atoms. The second-order valence-electron chi connectivity index (χ2n) is 3.16. The lowest BCUT2D eigenvalue weighted by Gasteiger charge is -2.15. The van der Waals surface area contributed by atoms with Gasteiger partial charge < -0.3 is 0 Å². The summed E-state index contributed by atoms with van der Waals surface area (Å²) in [7, 11) is 0. The molecule has 0 aliphatic carbocycles. The first-order valence-corrected chi connectivity index (χ1v) is 4.07. The third kappa shape index (κ3) is 1.37. The molecular formula is C9H7F4N. The smallest absolute Gasteiger partial charge is 0.298 e. The lowest BCUT2D eigenvalue weighted by Crippen LogP contribution is -2.28. The Morgan fingerprint density at radius 3 is 2.64 bits per heavy atom. The Morgan fingerprint density at radius 2 is 2.00 bits per heavy atom. The quantitative estimate of drug-likeness (QED) is 0.642. The van der Waals surface area contributed by atoms with Crippen LogP contribution in [-0.4, -0.2) is 6.18 Å². The number of hydrogen-bond acceptors (Lipinski definition) is 1. The van der Waals surface area contributed by atoms with Crippen LogP contribution >= 0.6 is 0 Å². The molecule has 1 nitrogen and oxygen atoms in total. The Bertz CT molecular complexity index is 358. The van der Waals surface area contributed by atoms with Crippen molar-refractivity contribution in [1.29, 1.82) is 0 Å². The van der Waals surface area contributed by atoms with Crippen LogP contribution in [-0.2, 0) is 6.54 Å². The molecule has 1 aliphatic rings. The highest BCUT2D eigenvalue weighted by Gasteiger charge is 2.44. The molecule has 0 fully saturated rings. The fourth-order valence-electron chi connectivity index (χ4n) is 1.64. The first-order valence-electron chi connectivity index (χ1n) is 4.07. The van der Waals surface area contributed by atoms with Gasteiger partial charge in [-0.2, -0.15) is 13.2 Å². The van der Waals surface area contributed by atoms with Crippen molar-refractivity contribution >= 4 is 0 Å². The highest BCUT2D eigenvalue weighted by molar-refractivity contribution is 5.35. The number of hydrogen-bond donors (Lipinski definition) is 1. The normalized spacial score (nSPS) is 21.0. The van der Waals surface area contributed by atoms with Crippen molar-refractivity contribution in [2.45, 2.75) is 18.8 Å². The number of alkyl halides is 3. The zero-order valence-electron chi connectivity index (χ0n) is 7.03. The summed E-state index contributed by atoms with van der Waals surface area (Å²) in [4.78, 5) is 0. The lowest BCUT2D eigenvalue weighted by atomic mass is 10.0. The van der Waals surface area contributed by atoms with E-state index in [1.165, 1.54) is 18.2 Å². The first-order chi connectivity index (χ1) is 6.50. The number of nitrogens with one attached hydrogen (secondary N) is 1. The molecule has 1 unspecified atom stereocenters. The number of halogens is 4. The minimum atomic E-state index is -4.36. The third-order valence-corrected chi connectivity index (χ3v) is 2.28. The van der Waals surface area contributed by atoms with E-state index in [2.05, 4.69) is 5.32 Å². The summed E-state index contributed by atoms with van der Waals surface area (Å²) < 4.78 is 50.2. The zero-order chi connectivity index (χ0) is 10.3. The second-order valence-corrected chi connectivity index (χ2v) is 3.16. The molecule has 1 aliphatic heterocycles. The maximum absolute atomic E-state index is 13.0. The van der Waals surface area contributed by atoms with Gasteiger partial charge in [0, 0.05) is 12.1 Å². The maximum Gasteiger partial charge on any atom is 0.407 e. The molecular weight excluding hydrogens is 198 g/mol. The van der Waals surface area contributed by atoms with Crippen molar-refractivity contribution in [3.63, 3.8) is 0 Å². The summed E-state index contributed by atoms with van der Waals surface area (Å²) in [5, 5.41) is 2.24. The Hall–Kier alpha value is -1.10. The van der Waals surface area contributed by atoms with Crippen LogP contribution in [0.1, 0.15) is 17.2 Å². The standard InChI is InChI=1S/C9H7F4N/c10-7-3-1-2-5-6(7)4-14-8(5)9(11,12)13/h1-3,8,14H,4H2. The third-order valence-electron chi connectivity index (χ3n) is 2.28. The molecule has 0 aromatic heterocycles. The van der Waals surface area contributed by atoms with Gasteiger partial charge in [0.25, 0.3) is 0 Å². The van der Waals surface area contributed by atoms with Gasteiger partial charge in [-0.3, -0.25) is 5.32 Å². The second kappa shape index (κ2) is 2.95. The summed E-state index contributed by atoms with van der Waals surface area (Å²) in [5.74, 6) is -0.582. The predicted octanol–water partition coefficient (Wildman–Crippen LogP) is 2.53. The average Bonchev–Trinajstić information content (AvgIpc) is 2.47. The molecule has 14 heavy (non-hydrogen) atoms. The van der Waals surface area contributed by atoms with Crippen molar-refractivity contribution in [3.05, 3.63) is 35.1 Å². The minimum Gasteiger partial charge on any atom is -0.298 e. The SMILES string of the molecule is Fc1cccc2c1CNC2C(F)(F)F. The van der Waals surface area contributed by atoms with Gasteiger partial charge in [0.1, 0.15) is 11.9 Å². The van der Waals surface area contributed by atoms with Crippen LogP contribution < -0.4 is 5.32 Å². The number of fused-ring (bicyclic) bond motifs is 1. The van der Waals surface area contributed by atoms with Crippen molar-refractivity contribution in [3.8, 4) is 0 Å². The summed E-state index contributed by atoms with van der Waals surface area (Å²) >= 11 is 0. The van der Waals surface area contributed by atoms with Gasteiger partial charge in [-0.15, -0.1) is 0 Å². The van der Waals surface area contributed by atoms with Gasteiger partial charge in [-0.05, 0) is 11.6 Å². The van der Waals surface area contributed by atoms with Gasteiger partial charge >= 0.3 is 6.18 Å². The summed E-state index contributed by atoms with van der Waals surface area (Å²) in [5.41, 5.74) is 0.118. The van der Waals surface area contributed by atoms with Gasteiger partial charge in [0.2, 0.25) is 0 Å². The van der Waals surface area contributed by atoms with Crippen molar-refractivity contribution in [2.24, 2.45) is 0 Å². The van der Waals surface area contributed by atoms with Crippen molar-refractivity contribution in [2.75, 3.05) is 0 Å². The van der Waals surface area contributed by atoms with E-state index >= 15 is 0 Å². The van der Waals surface area contributed by atoms with E-state index in [9.17, 15) is 17.6 Å². The Kier molecular flexibility index (Phi) is 1.99. The molecule has 0 amide bonds. The Labute approximate surface area is 77.7 Å². The van der Waals surface area contributed by atoms with E-state index in [1.54, 1.807) is 0 Å². The van der Waals surface area contributed by atoms with Gasteiger partial charge in [0.05, 0.1) is 0 Å². The van der Waals surface area contributed by atoms with Crippen LogP contribution in [0.15, 0.2) is 18.2 Å². The molecule has 0 spiro atoms. The summed E-state index contributed by atoms with van der Waals surface area (Å²) in [6.45, 7) is -0.0633. The Morgan fingerprint density at radius 1 is 1.29 bits per heavy atom. The van der Waals surface area contributed by atoms with Crippen LogP contribution in [0.25, 0.3) is 0 Å². The van der Waals surface area contributed by atoms with Crippen LogP contribution in [0.4, 0.5) is 17.6 Å². The van der Waals surface area contributed by atoms with E-state index in [0.717, 1.165) is 0 Å². The fraction of sp³-hybridized carbons (Fsp3) is 0.333. The molecule has 5 heteroatoms. The van der Waals surface area contributed by atoms with E-state index < -0.39 is 18.0 Å². The van der Waals surface area contributed by atoms with Crippen molar-refractivity contribution in [1.82, 2.24) is 5.32 Å². The summed E-state index contributed by atoms with van der Waals surface area (Å²) in [6.07, 6.45) is -4.36. The maximum atomic E-state index is 13.0. The van der Waals surface area contributed by atoms with E-state index in [1.807, 2.05) is 0 Å². The molecule has 2 rings (SSSR count). The molecule has 0 saturated heterocycles.